The SMILES string of the molecule is CC(=O)c1cccc(NC(=O)C(C)OC(=O)Cc2ccccc2C)c1. The van der Waals surface area contributed by atoms with Crippen LogP contribution in [0.2, 0.25) is 0 Å². The molecule has 0 saturated heterocycles. The number of esters is 1. The van der Waals surface area contributed by atoms with Crippen LogP contribution in [0, 0.1) is 6.92 Å². The fourth-order valence-electron chi connectivity index (χ4n) is 2.32. The molecule has 1 amide bonds. The van der Waals surface area contributed by atoms with Crippen LogP contribution in [-0.2, 0) is 20.7 Å². The Kier molecular flexibility index (Phi) is 6.06. The maximum atomic E-state index is 12.2. The summed E-state index contributed by atoms with van der Waals surface area (Å²) in [6.45, 7) is 4.89. The molecule has 0 aromatic heterocycles. The number of nitrogens with one attached hydrogen (secondary N) is 1. The minimum absolute atomic E-state index is 0.0891. The van der Waals surface area contributed by atoms with Crippen LogP contribution in [0.3, 0.4) is 0 Å². The zero-order valence-corrected chi connectivity index (χ0v) is 14.5. The number of ketones is 1. The van der Waals surface area contributed by atoms with Crippen molar-refractivity contribution in [1.82, 2.24) is 0 Å². The van der Waals surface area contributed by atoms with Gasteiger partial charge < -0.3 is 10.1 Å². The Balaban J connectivity index is 1.94. The van der Waals surface area contributed by atoms with Gasteiger partial charge in [-0.15, -0.1) is 0 Å². The van der Waals surface area contributed by atoms with Crippen LogP contribution in [0.25, 0.3) is 0 Å². The first kappa shape index (κ1) is 18.4. The van der Waals surface area contributed by atoms with E-state index in [1.807, 2.05) is 31.2 Å². The highest BCUT2D eigenvalue weighted by Crippen LogP contribution is 2.13. The molecule has 5 heteroatoms. The maximum absolute atomic E-state index is 12.2. The van der Waals surface area contributed by atoms with E-state index in [-0.39, 0.29) is 12.2 Å². The number of carbonyl (C=O) groups is 3. The van der Waals surface area contributed by atoms with Gasteiger partial charge in [0.05, 0.1) is 6.42 Å². The fourth-order valence-corrected chi connectivity index (χ4v) is 2.32. The summed E-state index contributed by atoms with van der Waals surface area (Å²) in [7, 11) is 0. The summed E-state index contributed by atoms with van der Waals surface area (Å²) in [6.07, 6.45) is -0.818. The fraction of sp³-hybridized carbons (Fsp3) is 0.250. The van der Waals surface area contributed by atoms with E-state index in [9.17, 15) is 14.4 Å². The van der Waals surface area contributed by atoms with Gasteiger partial charge in [-0.05, 0) is 44.0 Å². The molecule has 2 aromatic carbocycles. The van der Waals surface area contributed by atoms with Crippen LogP contribution < -0.4 is 5.32 Å². The Bertz CT molecular complexity index is 798. The molecule has 130 valence electrons. The summed E-state index contributed by atoms with van der Waals surface area (Å²) < 4.78 is 5.20. The molecule has 0 aliphatic rings. The number of anilines is 1. The molecule has 0 radical (unpaired) electrons. The number of hydrogen-bond acceptors (Lipinski definition) is 4. The topological polar surface area (TPSA) is 72.5 Å². The van der Waals surface area contributed by atoms with E-state index < -0.39 is 18.0 Å². The van der Waals surface area contributed by atoms with Gasteiger partial charge in [0.1, 0.15) is 0 Å². The number of aryl methyl sites for hydroxylation is 1. The van der Waals surface area contributed by atoms with Gasteiger partial charge >= 0.3 is 5.97 Å². The second-order valence-corrected chi connectivity index (χ2v) is 5.86. The zero-order valence-electron chi connectivity index (χ0n) is 14.5. The van der Waals surface area contributed by atoms with Crippen molar-refractivity contribution < 1.29 is 19.1 Å². The normalized spacial score (nSPS) is 11.5. The van der Waals surface area contributed by atoms with Crippen LogP contribution in [0.5, 0.6) is 0 Å². The molecule has 2 rings (SSSR count). The third-order valence-electron chi connectivity index (χ3n) is 3.81. The number of carbonyl (C=O) groups excluding carboxylic acids is 3. The van der Waals surface area contributed by atoms with Gasteiger partial charge in [0.15, 0.2) is 11.9 Å². The molecule has 5 nitrogen and oxygen atoms in total. The molecule has 0 saturated carbocycles. The highest BCUT2D eigenvalue weighted by Gasteiger charge is 2.18. The van der Waals surface area contributed by atoms with Crippen molar-refractivity contribution in [2.75, 3.05) is 5.32 Å². The highest BCUT2D eigenvalue weighted by molar-refractivity contribution is 5.98. The third kappa shape index (κ3) is 5.28. The average molecular weight is 339 g/mol. The third-order valence-corrected chi connectivity index (χ3v) is 3.81. The van der Waals surface area contributed by atoms with Crippen molar-refractivity contribution in [1.29, 1.82) is 0 Å². The van der Waals surface area contributed by atoms with Crippen molar-refractivity contribution in [2.45, 2.75) is 33.3 Å². The van der Waals surface area contributed by atoms with Crippen LogP contribution in [0.1, 0.15) is 35.3 Å². The van der Waals surface area contributed by atoms with Gasteiger partial charge in [-0.3, -0.25) is 14.4 Å². The van der Waals surface area contributed by atoms with Crippen LogP contribution in [-0.4, -0.2) is 23.8 Å². The molecule has 0 bridgehead atoms. The summed E-state index contributed by atoms with van der Waals surface area (Å²) in [5.74, 6) is -0.998. The smallest absolute Gasteiger partial charge is 0.311 e. The van der Waals surface area contributed by atoms with E-state index in [1.165, 1.54) is 13.8 Å². The standard InChI is InChI=1S/C20H21NO4/c1-13-7-4-5-8-16(13)12-19(23)25-15(3)20(24)21-18-10-6-9-17(11-18)14(2)22/h4-11,15H,12H2,1-3H3,(H,21,24). The summed E-state index contributed by atoms with van der Waals surface area (Å²) in [5.41, 5.74) is 2.85. The lowest BCUT2D eigenvalue weighted by molar-refractivity contribution is -0.152. The largest absolute Gasteiger partial charge is 0.452 e. The molecule has 0 aliphatic carbocycles. The second kappa shape index (κ2) is 8.24. The predicted molar refractivity (Wildman–Crippen MR) is 95.5 cm³/mol. The minimum Gasteiger partial charge on any atom is -0.452 e. The van der Waals surface area contributed by atoms with Crippen molar-refractivity contribution in [2.24, 2.45) is 0 Å². The minimum atomic E-state index is -0.933. The molecule has 0 aliphatic heterocycles. The molecule has 1 atom stereocenters. The summed E-state index contributed by atoms with van der Waals surface area (Å²) >= 11 is 0. The number of hydrogen-bond donors (Lipinski definition) is 1. The van der Waals surface area contributed by atoms with Gasteiger partial charge in [-0.25, -0.2) is 0 Å². The molecule has 1 N–H and O–H groups in total. The summed E-state index contributed by atoms with van der Waals surface area (Å²) in [4.78, 5) is 35.6. The quantitative estimate of drug-likeness (QED) is 0.647. The first-order valence-corrected chi connectivity index (χ1v) is 8.02. The van der Waals surface area contributed by atoms with Crippen LogP contribution >= 0.6 is 0 Å². The zero-order chi connectivity index (χ0) is 18.4. The lowest BCUT2D eigenvalue weighted by atomic mass is 10.1. The lowest BCUT2D eigenvalue weighted by Crippen LogP contribution is -2.30. The first-order valence-electron chi connectivity index (χ1n) is 8.02. The Morgan fingerprint density at radius 3 is 2.48 bits per heavy atom. The van der Waals surface area contributed by atoms with E-state index in [0.29, 0.717) is 11.3 Å². The summed E-state index contributed by atoms with van der Waals surface area (Å²) in [5, 5.41) is 2.65. The summed E-state index contributed by atoms with van der Waals surface area (Å²) in [6, 6.07) is 14.1. The maximum Gasteiger partial charge on any atom is 0.311 e. The molecular formula is C20H21NO4. The van der Waals surface area contributed by atoms with E-state index in [1.54, 1.807) is 24.3 Å². The number of Topliss-reactive ketones (excluding diaryl/α,β-unsaturated/α-hetero) is 1. The van der Waals surface area contributed by atoms with Gasteiger partial charge in [0.25, 0.3) is 5.91 Å². The Morgan fingerprint density at radius 2 is 1.80 bits per heavy atom. The van der Waals surface area contributed by atoms with Crippen molar-refractivity contribution >= 4 is 23.3 Å². The van der Waals surface area contributed by atoms with Crippen LogP contribution in [0.4, 0.5) is 5.69 Å². The number of rotatable bonds is 6. The Labute approximate surface area is 147 Å². The van der Waals surface area contributed by atoms with Crippen molar-refractivity contribution in [3.05, 3.63) is 65.2 Å². The second-order valence-electron chi connectivity index (χ2n) is 5.86. The highest BCUT2D eigenvalue weighted by atomic mass is 16.5. The average Bonchev–Trinajstić information content (AvgIpc) is 2.57. The molecule has 1 unspecified atom stereocenters. The molecule has 0 fully saturated rings. The van der Waals surface area contributed by atoms with Crippen molar-refractivity contribution in [3.8, 4) is 0 Å². The monoisotopic (exact) mass is 339 g/mol. The van der Waals surface area contributed by atoms with Crippen LogP contribution in [0.15, 0.2) is 48.5 Å². The number of amides is 1. The van der Waals surface area contributed by atoms with Crippen molar-refractivity contribution in [3.63, 3.8) is 0 Å². The van der Waals surface area contributed by atoms with Gasteiger partial charge in [0.2, 0.25) is 0 Å². The van der Waals surface area contributed by atoms with Gasteiger partial charge in [0, 0.05) is 11.3 Å². The molecule has 0 heterocycles. The van der Waals surface area contributed by atoms with E-state index in [4.69, 9.17) is 4.74 Å². The number of ether oxygens (including phenoxy) is 1. The molecule has 25 heavy (non-hydrogen) atoms. The van der Waals surface area contributed by atoms with E-state index in [2.05, 4.69) is 5.32 Å². The Morgan fingerprint density at radius 1 is 1.08 bits per heavy atom. The molecule has 0 spiro atoms. The molecule has 2 aromatic rings. The molecular weight excluding hydrogens is 318 g/mol. The van der Waals surface area contributed by atoms with Gasteiger partial charge in [-0.1, -0.05) is 36.4 Å². The van der Waals surface area contributed by atoms with E-state index in [0.717, 1.165) is 11.1 Å². The van der Waals surface area contributed by atoms with E-state index >= 15 is 0 Å². The lowest BCUT2D eigenvalue weighted by Gasteiger charge is -2.14. The Hall–Kier alpha value is -2.95. The first-order chi connectivity index (χ1) is 11.9. The predicted octanol–water partition coefficient (Wildman–Crippen LogP) is 3.31. The van der Waals surface area contributed by atoms with Gasteiger partial charge in [-0.2, -0.15) is 0 Å². The number of benzene rings is 2.